The number of carbonyl (C=O) groups is 5. The van der Waals surface area contributed by atoms with Crippen LogP contribution >= 0.6 is 0 Å². The molecule has 0 radical (unpaired) electrons. The van der Waals surface area contributed by atoms with Crippen LogP contribution < -0.4 is 31.9 Å². The van der Waals surface area contributed by atoms with Gasteiger partial charge in [-0.2, -0.15) is 0 Å². The highest BCUT2D eigenvalue weighted by molar-refractivity contribution is 7.86. The number of fused-ring (bicyclic) bond motifs is 2. The van der Waals surface area contributed by atoms with Crippen LogP contribution in [0.5, 0.6) is 0 Å². The van der Waals surface area contributed by atoms with Crippen LogP contribution in [0.15, 0.2) is 132 Å². The second-order valence-electron chi connectivity index (χ2n) is 15.7. The van der Waals surface area contributed by atoms with Gasteiger partial charge in [0.15, 0.2) is 0 Å². The summed E-state index contributed by atoms with van der Waals surface area (Å²) in [6.45, 7) is 0. The van der Waals surface area contributed by atoms with Crippen molar-refractivity contribution < 1.29 is 49.9 Å². The molecule has 0 saturated carbocycles. The molecule has 0 fully saturated rings. The molecule has 348 valence electrons. The van der Waals surface area contributed by atoms with Crippen molar-refractivity contribution in [1.82, 2.24) is 18.3 Å². The zero-order valence-electron chi connectivity index (χ0n) is 36.1. The van der Waals surface area contributed by atoms with E-state index in [2.05, 4.69) is 31.9 Å². The molecule has 0 atom stereocenters. The fourth-order valence-corrected chi connectivity index (χ4v) is 8.23. The molecule has 8 rings (SSSR count). The quantitative estimate of drug-likeness (QED) is 0.0795. The van der Waals surface area contributed by atoms with Crippen molar-refractivity contribution in [2.75, 3.05) is 31.9 Å². The second-order valence-corrected chi connectivity index (χ2v) is 18.4. The molecule has 4 aromatic heterocycles. The third-order valence-electron chi connectivity index (χ3n) is 10.8. The maximum absolute atomic E-state index is 13.3. The van der Waals surface area contributed by atoms with E-state index in [4.69, 9.17) is 0 Å². The summed E-state index contributed by atoms with van der Waals surface area (Å²) in [6.07, 6.45) is 6.02. The Labute approximate surface area is 386 Å². The monoisotopic (exact) mass is 958 g/mol. The van der Waals surface area contributed by atoms with Crippen LogP contribution in [0, 0.1) is 0 Å². The molecule has 6 amide bonds. The first-order valence-electron chi connectivity index (χ1n) is 20.1. The van der Waals surface area contributed by atoms with E-state index >= 15 is 0 Å². The number of nitrogens with one attached hydrogen (secondary N) is 6. The molecular formula is C45H38N10O11S2-2. The van der Waals surface area contributed by atoms with E-state index in [-0.39, 0.29) is 43.7 Å². The number of carbonyl (C=O) groups excluding carboxylic acids is 5. The van der Waals surface area contributed by atoms with Crippen molar-refractivity contribution in [3.05, 3.63) is 144 Å². The number of urea groups is 1. The number of hydrogen-bond donors (Lipinski definition) is 6. The number of hydrogen-bond acceptors (Lipinski definition) is 11. The van der Waals surface area contributed by atoms with Gasteiger partial charge in [0.25, 0.3) is 23.6 Å². The topological polar surface area (TPSA) is 292 Å². The summed E-state index contributed by atoms with van der Waals surface area (Å²) in [5.74, 6) is -0.952. The highest BCUT2D eigenvalue weighted by Crippen LogP contribution is 2.26. The van der Waals surface area contributed by atoms with Gasteiger partial charge in [-0.1, -0.05) is 24.3 Å². The van der Waals surface area contributed by atoms with Crippen molar-refractivity contribution in [1.29, 1.82) is 0 Å². The van der Waals surface area contributed by atoms with Crippen molar-refractivity contribution in [2.45, 2.75) is 9.79 Å². The summed E-state index contributed by atoms with van der Waals surface area (Å²) in [5.41, 5.74) is 1.64. The maximum atomic E-state index is 13.3. The predicted octanol–water partition coefficient (Wildman–Crippen LogP) is 5.81. The van der Waals surface area contributed by atoms with E-state index in [0.29, 0.717) is 44.6 Å². The first-order valence-corrected chi connectivity index (χ1v) is 22.9. The van der Waals surface area contributed by atoms with E-state index in [9.17, 15) is 49.9 Å². The molecule has 21 nitrogen and oxygen atoms in total. The summed E-state index contributed by atoms with van der Waals surface area (Å²) in [4.78, 5) is 65.3. The van der Waals surface area contributed by atoms with E-state index < -0.39 is 49.9 Å². The largest absolute Gasteiger partial charge is 0.744 e. The zero-order valence-corrected chi connectivity index (χ0v) is 37.8. The lowest BCUT2D eigenvalue weighted by Crippen LogP contribution is -2.22. The Hall–Kier alpha value is -8.51. The van der Waals surface area contributed by atoms with Gasteiger partial charge >= 0.3 is 6.03 Å². The Morgan fingerprint density at radius 3 is 0.985 bits per heavy atom. The third kappa shape index (κ3) is 9.99. The Morgan fingerprint density at radius 2 is 0.662 bits per heavy atom. The molecule has 0 saturated heterocycles. The third-order valence-corrected chi connectivity index (χ3v) is 12.4. The average molecular weight is 959 g/mol. The van der Waals surface area contributed by atoms with E-state index in [1.54, 1.807) is 73.7 Å². The molecule has 0 unspecified atom stereocenters. The molecule has 4 heterocycles. The molecule has 4 aromatic carbocycles. The molecule has 0 bridgehead atoms. The van der Waals surface area contributed by atoms with Gasteiger partial charge in [-0.15, -0.1) is 0 Å². The lowest BCUT2D eigenvalue weighted by Gasteiger charge is -2.09. The molecule has 68 heavy (non-hydrogen) atoms. The molecule has 0 aliphatic heterocycles. The van der Waals surface area contributed by atoms with Crippen LogP contribution in [0.2, 0.25) is 0 Å². The Bertz CT molecular complexity index is 3410. The average Bonchev–Trinajstić information content (AvgIpc) is 4.05. The van der Waals surface area contributed by atoms with Crippen LogP contribution in [0.4, 0.5) is 39.4 Å². The highest BCUT2D eigenvalue weighted by Gasteiger charge is 2.20. The highest BCUT2D eigenvalue weighted by atomic mass is 32.2. The molecule has 0 aliphatic rings. The van der Waals surface area contributed by atoms with Crippen molar-refractivity contribution in [3.8, 4) is 0 Å². The fourth-order valence-electron chi connectivity index (χ4n) is 7.21. The van der Waals surface area contributed by atoms with E-state index in [0.717, 1.165) is 0 Å². The van der Waals surface area contributed by atoms with Crippen LogP contribution in [0.25, 0.3) is 21.5 Å². The van der Waals surface area contributed by atoms with E-state index in [1.165, 1.54) is 94.6 Å². The van der Waals surface area contributed by atoms with Crippen LogP contribution in [0.1, 0.15) is 41.4 Å². The second kappa shape index (κ2) is 17.7. The van der Waals surface area contributed by atoms with Crippen molar-refractivity contribution in [3.63, 3.8) is 0 Å². The predicted molar refractivity (Wildman–Crippen MR) is 250 cm³/mol. The lowest BCUT2D eigenvalue weighted by molar-refractivity contribution is 0.101. The SMILES string of the molecule is Cn1cc(C(=O)Nc2cc(C(=O)Nc3ccc4cc(S(=O)(=O)[O-])ccc4c3)cn2C)cc1NC(=O)Nc1cc(C(=O)Nc2cc(C(=O)Nc3ccc4cc(S(=O)(=O)[O-])ccc4c3)cn2C)cn1C. The first kappa shape index (κ1) is 46.0. The summed E-state index contributed by atoms with van der Waals surface area (Å²) < 4.78 is 74.5. The van der Waals surface area contributed by atoms with Crippen LogP contribution in [-0.2, 0) is 48.4 Å². The molecule has 8 aromatic rings. The van der Waals surface area contributed by atoms with Crippen molar-refractivity contribution in [2.24, 2.45) is 28.2 Å². The molecule has 6 N–H and O–H groups in total. The summed E-state index contributed by atoms with van der Waals surface area (Å²) in [5, 5.41) is 18.6. The van der Waals surface area contributed by atoms with Gasteiger partial charge < -0.3 is 48.6 Å². The Kier molecular flexibility index (Phi) is 12.0. The summed E-state index contributed by atoms with van der Waals surface area (Å²) >= 11 is 0. The van der Waals surface area contributed by atoms with Gasteiger partial charge in [0, 0.05) is 64.4 Å². The molecular weight excluding hydrogens is 921 g/mol. The number of anilines is 6. The minimum Gasteiger partial charge on any atom is -0.744 e. The van der Waals surface area contributed by atoms with Crippen LogP contribution in [0.3, 0.4) is 0 Å². The molecule has 23 heteroatoms. The molecule has 0 aliphatic carbocycles. The van der Waals surface area contributed by atoms with E-state index in [1.807, 2.05) is 0 Å². The lowest BCUT2D eigenvalue weighted by atomic mass is 10.1. The van der Waals surface area contributed by atoms with Gasteiger partial charge in [0.2, 0.25) is 0 Å². The normalized spacial score (nSPS) is 11.6. The summed E-state index contributed by atoms with van der Waals surface area (Å²) in [7, 11) is -2.75. The number of nitrogens with zero attached hydrogens (tertiary/aromatic N) is 4. The number of benzene rings is 4. The van der Waals surface area contributed by atoms with Crippen molar-refractivity contribution >= 4 is 106 Å². The van der Waals surface area contributed by atoms with Gasteiger partial charge in [-0.25, -0.2) is 21.6 Å². The first-order chi connectivity index (χ1) is 32.1. The van der Waals surface area contributed by atoms with Gasteiger partial charge in [-0.05, 0) is 94.3 Å². The number of amides is 6. The molecule has 0 spiro atoms. The zero-order chi connectivity index (χ0) is 48.8. The Balaban J connectivity index is 0.847. The van der Waals surface area contributed by atoms with Gasteiger partial charge in [0.05, 0.1) is 32.0 Å². The van der Waals surface area contributed by atoms with Crippen LogP contribution in [-0.4, -0.2) is 73.9 Å². The summed E-state index contributed by atoms with van der Waals surface area (Å²) in [6, 6.07) is 22.5. The smallest absolute Gasteiger partial charge is 0.325 e. The maximum Gasteiger partial charge on any atom is 0.325 e. The van der Waals surface area contributed by atoms with Gasteiger partial charge in [0.1, 0.15) is 43.5 Å². The number of aryl methyl sites for hydroxylation is 4. The Morgan fingerprint density at radius 1 is 0.382 bits per heavy atom. The minimum atomic E-state index is -4.63. The fraction of sp³-hybridized carbons (Fsp3) is 0.0889. The minimum absolute atomic E-state index is 0.184. The standard InChI is InChI=1S/C45H40N10O11S2/c1-52-21-29(41(56)46-33-9-5-27-15-35(67(61,62)63)11-7-25(27)13-33)17-37(52)48-43(58)31-19-39(54(3)23-31)50-45(60)51-40-20-32(24-55(40)4)44(59)49-38-18-30(22-53(38)2)42(57)47-34-10-6-28-16-36(68(64,65)66)12-8-26(28)14-34/h5-24H,1-4H3,(H,46,56)(H,47,57)(H,48,58)(H,49,59)(H2,50,51,60)(H,61,62,63)(H,64,65,66)/p-2. The number of rotatable bonds is 12. The van der Waals surface area contributed by atoms with Gasteiger partial charge in [-0.3, -0.25) is 29.8 Å². The number of aromatic nitrogens is 4.